The molecule has 0 aromatic heterocycles. The van der Waals surface area contributed by atoms with Crippen LogP contribution in [0.25, 0.3) is 0 Å². The lowest BCUT2D eigenvalue weighted by molar-refractivity contribution is -0.149. The van der Waals surface area contributed by atoms with Crippen LogP contribution in [-0.2, 0) is 9.53 Å². The quantitative estimate of drug-likeness (QED) is 0.403. The largest absolute Gasteiger partial charge is 0.456 e. The van der Waals surface area contributed by atoms with Gasteiger partial charge < -0.3 is 10.1 Å². The Kier molecular flexibility index (Phi) is 3.35. The number of nitriles is 1. The van der Waals surface area contributed by atoms with Crippen LogP contribution < -0.4 is 5.32 Å². The van der Waals surface area contributed by atoms with E-state index in [0.717, 1.165) is 19.4 Å². The van der Waals surface area contributed by atoms with Gasteiger partial charge in [-0.25, -0.2) is 4.79 Å². The van der Waals surface area contributed by atoms with Crippen molar-refractivity contribution in [3.63, 3.8) is 0 Å². The van der Waals surface area contributed by atoms with Crippen molar-refractivity contribution in [1.82, 2.24) is 5.32 Å². The van der Waals surface area contributed by atoms with E-state index in [0.29, 0.717) is 5.70 Å². The van der Waals surface area contributed by atoms with Gasteiger partial charge in [-0.15, -0.1) is 0 Å². The zero-order valence-corrected chi connectivity index (χ0v) is 9.39. The smallest absolute Gasteiger partial charge is 0.351 e. The lowest BCUT2D eigenvalue weighted by Gasteiger charge is -2.19. The maximum Gasteiger partial charge on any atom is 0.351 e. The first-order chi connectivity index (χ1) is 6.94. The molecule has 0 aliphatic carbocycles. The molecule has 0 aromatic carbocycles. The summed E-state index contributed by atoms with van der Waals surface area (Å²) in [5.74, 6) is -0.533. The van der Waals surface area contributed by atoms with Crippen LogP contribution >= 0.6 is 0 Å². The molecule has 82 valence electrons. The highest BCUT2D eigenvalue weighted by Gasteiger charge is 2.24. The van der Waals surface area contributed by atoms with Crippen molar-refractivity contribution < 1.29 is 9.53 Å². The van der Waals surface area contributed by atoms with Gasteiger partial charge in [-0.1, -0.05) is 0 Å². The molecule has 1 fully saturated rings. The maximum atomic E-state index is 11.6. The molecule has 0 unspecified atom stereocenters. The van der Waals surface area contributed by atoms with Crippen molar-refractivity contribution in [2.45, 2.75) is 39.2 Å². The first-order valence-corrected chi connectivity index (χ1v) is 5.04. The molecule has 0 amide bonds. The highest BCUT2D eigenvalue weighted by atomic mass is 16.6. The van der Waals surface area contributed by atoms with Crippen molar-refractivity contribution in [1.29, 1.82) is 5.26 Å². The molecule has 1 heterocycles. The number of hydrogen-bond acceptors (Lipinski definition) is 4. The Hall–Kier alpha value is -1.50. The minimum absolute atomic E-state index is 0.113. The number of esters is 1. The minimum atomic E-state index is -0.557. The number of rotatable bonds is 1. The average molecular weight is 208 g/mol. The van der Waals surface area contributed by atoms with E-state index in [1.165, 1.54) is 0 Å². The third-order valence-corrected chi connectivity index (χ3v) is 1.96. The van der Waals surface area contributed by atoms with Gasteiger partial charge in [0.15, 0.2) is 5.57 Å². The van der Waals surface area contributed by atoms with Crippen LogP contribution in [-0.4, -0.2) is 18.1 Å². The molecule has 1 aliphatic heterocycles. The van der Waals surface area contributed by atoms with Crippen molar-refractivity contribution >= 4 is 5.97 Å². The summed E-state index contributed by atoms with van der Waals surface area (Å²) >= 11 is 0. The zero-order chi connectivity index (χ0) is 11.5. The molecule has 4 nitrogen and oxygen atoms in total. The van der Waals surface area contributed by atoms with Gasteiger partial charge in [-0.2, -0.15) is 5.26 Å². The normalized spacial score (nSPS) is 19.1. The van der Waals surface area contributed by atoms with E-state index in [4.69, 9.17) is 10.00 Å². The molecule has 1 rings (SSSR count). The van der Waals surface area contributed by atoms with Crippen molar-refractivity contribution in [2.24, 2.45) is 0 Å². The number of allylic oxidation sites excluding steroid dienone is 1. The van der Waals surface area contributed by atoms with Crippen LogP contribution in [0.2, 0.25) is 0 Å². The number of ether oxygens (including phenoxy) is 1. The Labute approximate surface area is 89.9 Å². The molecule has 0 bridgehead atoms. The van der Waals surface area contributed by atoms with Gasteiger partial charge in [0.05, 0.1) is 0 Å². The van der Waals surface area contributed by atoms with Crippen LogP contribution in [0.4, 0.5) is 0 Å². The van der Waals surface area contributed by atoms with Gasteiger partial charge in [-0.3, -0.25) is 0 Å². The van der Waals surface area contributed by atoms with Gasteiger partial charge in [0.25, 0.3) is 0 Å². The minimum Gasteiger partial charge on any atom is -0.456 e. The van der Waals surface area contributed by atoms with E-state index in [-0.39, 0.29) is 5.57 Å². The number of nitrogens with one attached hydrogen (secondary N) is 1. The number of carbonyl (C=O) groups is 1. The lowest BCUT2D eigenvalue weighted by atomic mass is 10.1. The molecule has 4 heteroatoms. The second kappa shape index (κ2) is 4.35. The third-order valence-electron chi connectivity index (χ3n) is 1.96. The molecule has 15 heavy (non-hydrogen) atoms. The van der Waals surface area contributed by atoms with E-state index in [1.807, 2.05) is 6.07 Å². The van der Waals surface area contributed by atoms with Crippen molar-refractivity contribution in [3.05, 3.63) is 11.3 Å². The summed E-state index contributed by atoms with van der Waals surface area (Å²) in [5.41, 5.74) is 0.271. The maximum absolute atomic E-state index is 11.6. The first kappa shape index (κ1) is 11.6. The highest BCUT2D eigenvalue weighted by molar-refractivity contribution is 5.93. The fraction of sp³-hybridized carbons (Fsp3) is 0.636. The molecule has 0 atom stereocenters. The molecule has 0 saturated carbocycles. The van der Waals surface area contributed by atoms with Crippen molar-refractivity contribution in [3.8, 4) is 6.07 Å². The topological polar surface area (TPSA) is 62.1 Å². The van der Waals surface area contributed by atoms with Crippen molar-refractivity contribution in [2.75, 3.05) is 6.54 Å². The second-order valence-electron chi connectivity index (χ2n) is 4.50. The predicted octanol–water partition coefficient (Wildman–Crippen LogP) is 1.49. The molecule has 1 aliphatic rings. The van der Waals surface area contributed by atoms with Gasteiger partial charge >= 0.3 is 5.97 Å². The summed E-state index contributed by atoms with van der Waals surface area (Å²) in [4.78, 5) is 11.6. The Morgan fingerprint density at radius 3 is 2.60 bits per heavy atom. The van der Waals surface area contributed by atoms with Gasteiger partial charge in [0.2, 0.25) is 0 Å². The van der Waals surface area contributed by atoms with Gasteiger partial charge in [-0.05, 0) is 33.6 Å². The molecular weight excluding hydrogens is 192 g/mol. The Balaban J connectivity index is 2.81. The van der Waals surface area contributed by atoms with Crippen LogP contribution in [0.15, 0.2) is 11.3 Å². The summed E-state index contributed by atoms with van der Waals surface area (Å²) in [6.45, 7) is 6.18. The van der Waals surface area contributed by atoms with Crippen LogP contribution in [0.1, 0.15) is 33.6 Å². The Morgan fingerprint density at radius 2 is 2.20 bits per heavy atom. The monoisotopic (exact) mass is 208 g/mol. The summed E-state index contributed by atoms with van der Waals surface area (Å²) in [6, 6.07) is 1.91. The average Bonchev–Trinajstić information content (AvgIpc) is 2.54. The third kappa shape index (κ3) is 3.28. The van der Waals surface area contributed by atoms with Crippen LogP contribution in [0.3, 0.4) is 0 Å². The zero-order valence-electron chi connectivity index (χ0n) is 9.39. The molecule has 1 N–H and O–H groups in total. The SMILES string of the molecule is CC(C)(C)OC(=O)/C(C#N)=C1\CCCN1. The standard InChI is InChI=1S/C11H16N2O2/c1-11(2,3)15-10(14)8(7-12)9-5-4-6-13-9/h13H,4-6H2,1-3H3/b9-8+. The fourth-order valence-corrected chi connectivity index (χ4v) is 1.37. The molecule has 1 saturated heterocycles. The molecular formula is C11H16N2O2. The van der Waals surface area contributed by atoms with E-state index >= 15 is 0 Å². The molecule has 0 radical (unpaired) electrons. The lowest BCUT2D eigenvalue weighted by Crippen LogP contribution is -2.26. The number of hydrogen-bond donors (Lipinski definition) is 1. The number of carbonyl (C=O) groups excluding carboxylic acids is 1. The van der Waals surface area contributed by atoms with E-state index in [1.54, 1.807) is 20.8 Å². The summed E-state index contributed by atoms with van der Waals surface area (Å²) in [6.07, 6.45) is 1.71. The summed E-state index contributed by atoms with van der Waals surface area (Å²) in [7, 11) is 0. The fourth-order valence-electron chi connectivity index (χ4n) is 1.37. The van der Waals surface area contributed by atoms with Gasteiger partial charge in [0.1, 0.15) is 11.7 Å². The van der Waals surface area contributed by atoms with Crippen LogP contribution in [0, 0.1) is 11.3 Å². The van der Waals surface area contributed by atoms with E-state index in [9.17, 15) is 4.79 Å². The molecule has 0 spiro atoms. The van der Waals surface area contributed by atoms with Gasteiger partial charge in [0, 0.05) is 12.2 Å². The Bertz CT molecular complexity index is 323. The summed E-state index contributed by atoms with van der Waals surface area (Å²) < 4.78 is 5.14. The summed E-state index contributed by atoms with van der Waals surface area (Å²) in [5, 5.41) is 11.9. The van der Waals surface area contributed by atoms with E-state index < -0.39 is 11.6 Å². The predicted molar refractivity (Wildman–Crippen MR) is 55.7 cm³/mol. The first-order valence-electron chi connectivity index (χ1n) is 5.04. The second-order valence-corrected chi connectivity index (χ2v) is 4.50. The number of nitrogens with zero attached hydrogens (tertiary/aromatic N) is 1. The Morgan fingerprint density at radius 1 is 1.53 bits per heavy atom. The molecule has 0 aromatic rings. The van der Waals surface area contributed by atoms with E-state index in [2.05, 4.69) is 5.32 Å². The highest BCUT2D eigenvalue weighted by Crippen LogP contribution is 2.17. The van der Waals surface area contributed by atoms with Crippen LogP contribution in [0.5, 0.6) is 0 Å².